The van der Waals surface area contributed by atoms with Crippen LogP contribution >= 0.6 is 15.9 Å². The number of methoxy groups -OCH3 is 1. The van der Waals surface area contributed by atoms with E-state index in [4.69, 9.17) is 4.74 Å². The summed E-state index contributed by atoms with van der Waals surface area (Å²) in [7, 11) is 1.62. The number of benzene rings is 2. The SMILES string of the molecule is COc1ccc(Br)c(C(C#N)NCc2ccccc2)c1. The van der Waals surface area contributed by atoms with Crippen molar-refractivity contribution in [2.24, 2.45) is 0 Å². The number of ether oxygens (including phenoxy) is 1. The van der Waals surface area contributed by atoms with Gasteiger partial charge in [0.1, 0.15) is 11.8 Å². The number of nitrogens with zero attached hydrogens (tertiary/aromatic N) is 1. The molecule has 1 atom stereocenters. The van der Waals surface area contributed by atoms with Crippen LogP contribution in [0.3, 0.4) is 0 Å². The third kappa shape index (κ3) is 3.60. The molecule has 0 aliphatic rings. The Morgan fingerprint density at radius 1 is 1.25 bits per heavy atom. The van der Waals surface area contributed by atoms with Gasteiger partial charge in [0.25, 0.3) is 0 Å². The van der Waals surface area contributed by atoms with Crippen molar-refractivity contribution in [1.82, 2.24) is 5.32 Å². The number of hydrogen-bond donors (Lipinski definition) is 1. The van der Waals surface area contributed by atoms with Gasteiger partial charge >= 0.3 is 0 Å². The van der Waals surface area contributed by atoms with Crippen molar-refractivity contribution in [2.75, 3.05) is 7.11 Å². The Morgan fingerprint density at radius 3 is 2.65 bits per heavy atom. The second kappa shape index (κ2) is 7.09. The average Bonchev–Trinajstić information content (AvgIpc) is 2.50. The van der Waals surface area contributed by atoms with Crippen LogP contribution in [-0.2, 0) is 6.54 Å². The number of hydrogen-bond acceptors (Lipinski definition) is 3. The minimum absolute atomic E-state index is 0.389. The van der Waals surface area contributed by atoms with Gasteiger partial charge < -0.3 is 4.74 Å². The number of halogens is 1. The van der Waals surface area contributed by atoms with Crippen molar-refractivity contribution >= 4 is 15.9 Å². The van der Waals surface area contributed by atoms with E-state index in [1.165, 1.54) is 0 Å². The van der Waals surface area contributed by atoms with Gasteiger partial charge in [0, 0.05) is 16.6 Å². The summed E-state index contributed by atoms with van der Waals surface area (Å²) in [4.78, 5) is 0. The first kappa shape index (κ1) is 14.6. The van der Waals surface area contributed by atoms with Crippen LogP contribution in [-0.4, -0.2) is 7.11 Å². The van der Waals surface area contributed by atoms with E-state index < -0.39 is 0 Å². The van der Waals surface area contributed by atoms with Crippen molar-refractivity contribution in [2.45, 2.75) is 12.6 Å². The summed E-state index contributed by atoms with van der Waals surface area (Å²) in [6.45, 7) is 0.642. The Kier molecular flexibility index (Phi) is 5.16. The molecule has 0 spiro atoms. The first-order valence-electron chi connectivity index (χ1n) is 6.25. The maximum Gasteiger partial charge on any atom is 0.122 e. The molecule has 2 aromatic rings. The molecule has 2 rings (SSSR count). The topological polar surface area (TPSA) is 45.0 Å². The van der Waals surface area contributed by atoms with Crippen LogP contribution in [0.15, 0.2) is 53.0 Å². The summed E-state index contributed by atoms with van der Waals surface area (Å²) in [6, 6.07) is 17.5. The van der Waals surface area contributed by atoms with E-state index in [-0.39, 0.29) is 6.04 Å². The zero-order valence-corrected chi connectivity index (χ0v) is 12.7. The molecule has 4 heteroatoms. The van der Waals surface area contributed by atoms with E-state index in [1.807, 2.05) is 48.5 Å². The third-order valence-corrected chi connectivity index (χ3v) is 3.72. The first-order valence-corrected chi connectivity index (χ1v) is 7.04. The van der Waals surface area contributed by atoms with Crippen LogP contribution in [0.5, 0.6) is 5.75 Å². The van der Waals surface area contributed by atoms with Gasteiger partial charge in [0.2, 0.25) is 0 Å². The van der Waals surface area contributed by atoms with Crippen molar-refractivity contribution in [1.29, 1.82) is 5.26 Å². The standard InChI is InChI=1S/C16H15BrN2O/c1-20-13-7-8-15(17)14(9-13)16(10-18)19-11-12-5-3-2-4-6-12/h2-9,16,19H,11H2,1H3. The Balaban J connectivity index is 2.14. The fraction of sp³-hybridized carbons (Fsp3) is 0.188. The number of nitriles is 1. The fourth-order valence-corrected chi connectivity index (χ4v) is 2.39. The van der Waals surface area contributed by atoms with Gasteiger partial charge in [-0.15, -0.1) is 0 Å². The Bertz CT molecular complexity index is 608. The predicted molar refractivity (Wildman–Crippen MR) is 82.3 cm³/mol. The van der Waals surface area contributed by atoms with Gasteiger partial charge in [-0.3, -0.25) is 5.32 Å². The molecule has 0 aliphatic carbocycles. The Morgan fingerprint density at radius 2 is 2.00 bits per heavy atom. The summed E-state index contributed by atoms with van der Waals surface area (Å²) < 4.78 is 6.10. The second-order valence-corrected chi connectivity index (χ2v) is 5.17. The smallest absolute Gasteiger partial charge is 0.122 e. The Hall–Kier alpha value is -1.83. The van der Waals surface area contributed by atoms with E-state index in [1.54, 1.807) is 7.11 Å². The first-order chi connectivity index (χ1) is 9.74. The molecule has 0 radical (unpaired) electrons. The van der Waals surface area contributed by atoms with E-state index in [9.17, 15) is 5.26 Å². The molecule has 0 aromatic heterocycles. The minimum Gasteiger partial charge on any atom is -0.497 e. The lowest BCUT2D eigenvalue weighted by Gasteiger charge is -2.14. The lowest BCUT2D eigenvalue weighted by molar-refractivity contribution is 0.413. The van der Waals surface area contributed by atoms with Crippen LogP contribution in [0.25, 0.3) is 0 Å². The minimum atomic E-state index is -0.389. The summed E-state index contributed by atoms with van der Waals surface area (Å²) in [5.41, 5.74) is 2.02. The van der Waals surface area contributed by atoms with Crippen LogP contribution in [0.1, 0.15) is 17.2 Å². The summed E-state index contributed by atoms with van der Waals surface area (Å²) in [6.07, 6.45) is 0. The highest BCUT2D eigenvalue weighted by Crippen LogP contribution is 2.27. The van der Waals surface area contributed by atoms with Crippen LogP contribution < -0.4 is 10.1 Å². The molecule has 3 nitrogen and oxygen atoms in total. The van der Waals surface area contributed by atoms with Gasteiger partial charge in [-0.2, -0.15) is 5.26 Å². The van der Waals surface area contributed by atoms with Crippen LogP contribution in [0.4, 0.5) is 0 Å². The lowest BCUT2D eigenvalue weighted by Crippen LogP contribution is -2.19. The average molecular weight is 331 g/mol. The zero-order chi connectivity index (χ0) is 14.4. The Labute approximate surface area is 127 Å². The van der Waals surface area contributed by atoms with Gasteiger partial charge in [-0.25, -0.2) is 0 Å². The van der Waals surface area contributed by atoms with Gasteiger partial charge in [-0.05, 0) is 23.8 Å². The number of rotatable bonds is 5. The van der Waals surface area contributed by atoms with Crippen LogP contribution in [0.2, 0.25) is 0 Å². The van der Waals surface area contributed by atoms with Crippen LogP contribution in [0, 0.1) is 11.3 Å². The molecule has 0 aliphatic heterocycles. The molecular formula is C16H15BrN2O. The van der Waals surface area contributed by atoms with Crippen molar-refractivity contribution in [3.05, 3.63) is 64.1 Å². The molecule has 0 heterocycles. The van der Waals surface area contributed by atoms with E-state index >= 15 is 0 Å². The quantitative estimate of drug-likeness (QED) is 0.906. The predicted octanol–water partition coefficient (Wildman–Crippen LogP) is 3.81. The fourth-order valence-electron chi connectivity index (χ4n) is 1.91. The normalized spacial score (nSPS) is 11.7. The third-order valence-electron chi connectivity index (χ3n) is 3.00. The molecule has 2 aromatic carbocycles. The largest absolute Gasteiger partial charge is 0.497 e. The molecule has 0 fully saturated rings. The molecule has 0 saturated carbocycles. The lowest BCUT2D eigenvalue weighted by atomic mass is 10.1. The molecule has 102 valence electrons. The second-order valence-electron chi connectivity index (χ2n) is 4.32. The van der Waals surface area contributed by atoms with Gasteiger partial charge in [0.15, 0.2) is 0 Å². The molecule has 0 saturated heterocycles. The van der Waals surface area contributed by atoms with Crippen molar-refractivity contribution in [3.8, 4) is 11.8 Å². The van der Waals surface area contributed by atoms with Gasteiger partial charge in [0.05, 0.1) is 13.2 Å². The maximum atomic E-state index is 9.37. The van der Waals surface area contributed by atoms with E-state index in [0.29, 0.717) is 6.54 Å². The number of nitrogens with one attached hydrogen (secondary N) is 1. The van der Waals surface area contributed by atoms with Crippen molar-refractivity contribution in [3.63, 3.8) is 0 Å². The molecule has 1 N–H and O–H groups in total. The highest BCUT2D eigenvalue weighted by molar-refractivity contribution is 9.10. The molecule has 0 bridgehead atoms. The molecular weight excluding hydrogens is 316 g/mol. The summed E-state index contributed by atoms with van der Waals surface area (Å²) >= 11 is 3.48. The van der Waals surface area contributed by atoms with E-state index in [0.717, 1.165) is 21.3 Å². The van der Waals surface area contributed by atoms with E-state index in [2.05, 4.69) is 27.3 Å². The summed E-state index contributed by atoms with van der Waals surface area (Å²) in [5, 5.41) is 12.6. The maximum absolute atomic E-state index is 9.37. The monoisotopic (exact) mass is 330 g/mol. The summed E-state index contributed by atoms with van der Waals surface area (Å²) in [5.74, 6) is 0.741. The molecule has 0 amide bonds. The molecule has 1 unspecified atom stereocenters. The van der Waals surface area contributed by atoms with Crippen molar-refractivity contribution < 1.29 is 4.74 Å². The van der Waals surface area contributed by atoms with Gasteiger partial charge in [-0.1, -0.05) is 46.3 Å². The molecule has 20 heavy (non-hydrogen) atoms. The highest BCUT2D eigenvalue weighted by atomic mass is 79.9. The zero-order valence-electron chi connectivity index (χ0n) is 11.1. The highest BCUT2D eigenvalue weighted by Gasteiger charge is 2.14.